The SMILES string of the molecule is CC[C@@H](C)[C@@H]1NC(=O)[C@H](C)NC(=O)[C@@H](N)Cc2cn(c3ccccc23)[C@@]23C[C@H](NC1=O)C(=O)N1[C@@H](Cc4ccccc4)C(=O)N(c4ccccc42)[C@@H]13. The minimum atomic E-state index is -1.05. The van der Waals surface area contributed by atoms with Crippen LogP contribution in [0.3, 0.4) is 0 Å². The summed E-state index contributed by atoms with van der Waals surface area (Å²) in [5, 5.41) is 9.51. The maximum atomic E-state index is 15.0. The van der Waals surface area contributed by atoms with Gasteiger partial charge in [-0.05, 0) is 42.5 Å². The number of anilines is 1. The molecule has 8 rings (SSSR count). The van der Waals surface area contributed by atoms with Gasteiger partial charge in [0.2, 0.25) is 23.6 Å². The first-order chi connectivity index (χ1) is 25.0. The predicted octanol–water partition coefficient (Wildman–Crippen LogP) is 2.32. The Balaban J connectivity index is 1.37. The van der Waals surface area contributed by atoms with Crippen molar-refractivity contribution in [3.05, 3.63) is 102 Å². The average molecular weight is 702 g/mol. The van der Waals surface area contributed by atoms with Gasteiger partial charge in [0.15, 0.2) is 0 Å². The third-order valence-electron chi connectivity index (χ3n) is 11.6. The normalized spacial score (nSPS) is 29.3. The third-order valence-corrected chi connectivity index (χ3v) is 11.6. The highest BCUT2D eigenvalue weighted by atomic mass is 16.2. The Morgan fingerprint density at radius 2 is 1.56 bits per heavy atom. The molecule has 1 spiro atoms. The smallest absolute Gasteiger partial charge is 0.252 e. The Morgan fingerprint density at radius 1 is 0.846 bits per heavy atom. The second-order valence-corrected chi connectivity index (χ2v) is 14.7. The van der Waals surface area contributed by atoms with E-state index in [0.717, 1.165) is 27.6 Å². The molecule has 12 heteroatoms. The molecule has 5 amide bonds. The van der Waals surface area contributed by atoms with Crippen LogP contribution in [0.2, 0.25) is 0 Å². The van der Waals surface area contributed by atoms with E-state index in [0.29, 0.717) is 18.5 Å². The van der Waals surface area contributed by atoms with Crippen molar-refractivity contribution in [3.8, 4) is 0 Å². The number of aromatic nitrogens is 1. The van der Waals surface area contributed by atoms with E-state index in [1.165, 1.54) is 0 Å². The number of hydrogen-bond donors (Lipinski definition) is 4. The number of carbonyl (C=O) groups is 5. The van der Waals surface area contributed by atoms with Crippen LogP contribution < -0.4 is 26.6 Å². The molecule has 12 nitrogen and oxygen atoms in total. The van der Waals surface area contributed by atoms with Gasteiger partial charge in [0, 0.05) is 35.5 Å². The molecule has 5 heterocycles. The summed E-state index contributed by atoms with van der Waals surface area (Å²) >= 11 is 0. The lowest BCUT2D eigenvalue weighted by Crippen LogP contribution is -2.68. The van der Waals surface area contributed by atoms with E-state index >= 15 is 0 Å². The van der Waals surface area contributed by atoms with Crippen molar-refractivity contribution in [1.29, 1.82) is 0 Å². The van der Waals surface area contributed by atoms with E-state index in [1.54, 1.807) is 16.7 Å². The molecule has 4 bridgehead atoms. The zero-order valence-electron chi connectivity index (χ0n) is 29.4. The number of nitrogens with two attached hydrogens (primary N) is 1. The fourth-order valence-electron chi connectivity index (χ4n) is 8.83. The Bertz CT molecular complexity index is 2120. The number of para-hydroxylation sites is 2. The first-order valence-electron chi connectivity index (χ1n) is 18.1. The van der Waals surface area contributed by atoms with Crippen molar-refractivity contribution < 1.29 is 24.0 Å². The van der Waals surface area contributed by atoms with E-state index in [1.807, 2.05) is 98.9 Å². The van der Waals surface area contributed by atoms with E-state index in [9.17, 15) is 24.0 Å². The molecule has 0 unspecified atom stereocenters. The van der Waals surface area contributed by atoms with Crippen molar-refractivity contribution in [2.75, 3.05) is 4.90 Å². The Hall–Kier alpha value is -5.49. The maximum absolute atomic E-state index is 15.0. The van der Waals surface area contributed by atoms with Crippen LogP contribution in [0, 0.1) is 5.92 Å². The topological polar surface area (TPSA) is 159 Å². The first-order valence-corrected chi connectivity index (χ1v) is 18.1. The van der Waals surface area contributed by atoms with Gasteiger partial charge < -0.3 is 31.2 Å². The van der Waals surface area contributed by atoms with Crippen LogP contribution in [0.25, 0.3) is 10.9 Å². The zero-order valence-corrected chi connectivity index (χ0v) is 29.4. The average Bonchev–Trinajstić information content (AvgIpc) is 3.76. The number of nitrogens with zero attached hydrogens (tertiary/aromatic N) is 3. The molecule has 1 aromatic heterocycles. The fourth-order valence-corrected chi connectivity index (χ4v) is 8.83. The summed E-state index contributed by atoms with van der Waals surface area (Å²) in [6.45, 7) is 5.33. The second kappa shape index (κ2) is 12.6. The van der Waals surface area contributed by atoms with Gasteiger partial charge in [0.05, 0.1) is 11.7 Å². The summed E-state index contributed by atoms with van der Waals surface area (Å²) in [6, 6.07) is 20.4. The molecule has 8 atom stereocenters. The molecule has 0 saturated carbocycles. The molecule has 2 saturated heterocycles. The number of carbonyl (C=O) groups excluding carboxylic acids is 5. The quantitative estimate of drug-likeness (QED) is 0.256. The molecular formula is C40H43N7O5. The molecule has 5 N–H and O–H groups in total. The Labute approximate surface area is 301 Å². The Morgan fingerprint density at radius 3 is 2.33 bits per heavy atom. The summed E-state index contributed by atoms with van der Waals surface area (Å²) in [5.41, 5.74) is 9.60. The summed E-state index contributed by atoms with van der Waals surface area (Å²) in [6.07, 6.45) is 2.42. The maximum Gasteiger partial charge on any atom is 0.252 e. The number of nitrogens with one attached hydrogen (secondary N) is 3. The van der Waals surface area contributed by atoms with Gasteiger partial charge in [0.1, 0.15) is 35.9 Å². The van der Waals surface area contributed by atoms with E-state index in [4.69, 9.17) is 5.73 Å². The molecule has 3 aromatic carbocycles. The molecule has 2 fully saturated rings. The van der Waals surface area contributed by atoms with E-state index in [2.05, 4.69) is 20.5 Å². The molecule has 52 heavy (non-hydrogen) atoms. The van der Waals surface area contributed by atoms with E-state index < -0.39 is 59.6 Å². The summed E-state index contributed by atoms with van der Waals surface area (Å²) < 4.78 is 2.14. The third kappa shape index (κ3) is 5.02. The molecule has 4 aromatic rings. The summed E-state index contributed by atoms with van der Waals surface area (Å²) in [7, 11) is 0. The zero-order chi connectivity index (χ0) is 36.5. The van der Waals surface area contributed by atoms with Gasteiger partial charge in [0.25, 0.3) is 5.91 Å². The van der Waals surface area contributed by atoms with Crippen LogP contribution in [0.5, 0.6) is 0 Å². The number of rotatable bonds is 4. The van der Waals surface area contributed by atoms with Gasteiger partial charge in [-0.2, -0.15) is 0 Å². The van der Waals surface area contributed by atoms with Crippen molar-refractivity contribution >= 4 is 46.1 Å². The van der Waals surface area contributed by atoms with Crippen LogP contribution in [-0.2, 0) is 42.4 Å². The van der Waals surface area contributed by atoms with Crippen LogP contribution in [0.4, 0.5) is 5.69 Å². The highest BCUT2D eigenvalue weighted by molar-refractivity contribution is 6.08. The number of fused-ring (bicyclic) bond motifs is 8. The Kier molecular flexibility index (Phi) is 8.17. The molecule has 4 aliphatic rings. The lowest BCUT2D eigenvalue weighted by Gasteiger charge is -2.49. The van der Waals surface area contributed by atoms with Crippen LogP contribution >= 0.6 is 0 Å². The van der Waals surface area contributed by atoms with Gasteiger partial charge in [-0.3, -0.25) is 28.9 Å². The molecule has 0 radical (unpaired) electrons. The number of amides is 5. The summed E-state index contributed by atoms with van der Waals surface area (Å²) in [4.78, 5) is 74.4. The van der Waals surface area contributed by atoms with Crippen molar-refractivity contribution in [1.82, 2.24) is 25.4 Å². The monoisotopic (exact) mass is 701 g/mol. The van der Waals surface area contributed by atoms with Crippen molar-refractivity contribution in [3.63, 3.8) is 0 Å². The fraction of sp³-hybridized carbons (Fsp3) is 0.375. The van der Waals surface area contributed by atoms with Gasteiger partial charge in [-0.25, -0.2) is 0 Å². The van der Waals surface area contributed by atoms with Gasteiger partial charge in [-0.15, -0.1) is 0 Å². The lowest BCUT2D eigenvalue weighted by molar-refractivity contribution is -0.147. The highest BCUT2D eigenvalue weighted by Crippen LogP contribution is 2.57. The van der Waals surface area contributed by atoms with Crippen molar-refractivity contribution in [2.45, 2.75) is 88.4 Å². The molecule has 0 aliphatic carbocycles. The minimum absolute atomic E-state index is 0.139. The summed E-state index contributed by atoms with van der Waals surface area (Å²) in [5.74, 6) is -2.39. The number of hydrogen-bond acceptors (Lipinski definition) is 6. The largest absolute Gasteiger partial charge is 0.343 e. The predicted molar refractivity (Wildman–Crippen MR) is 195 cm³/mol. The minimum Gasteiger partial charge on any atom is -0.343 e. The number of piperidine rings is 1. The highest BCUT2D eigenvalue weighted by Gasteiger charge is 2.68. The second-order valence-electron chi connectivity index (χ2n) is 14.7. The first kappa shape index (κ1) is 33.6. The van der Waals surface area contributed by atoms with E-state index in [-0.39, 0.29) is 30.6 Å². The number of benzene rings is 3. The van der Waals surface area contributed by atoms with Crippen LogP contribution in [0.15, 0.2) is 85.1 Å². The van der Waals surface area contributed by atoms with Crippen LogP contribution in [-0.4, -0.2) is 75.4 Å². The van der Waals surface area contributed by atoms with Crippen LogP contribution in [0.1, 0.15) is 50.3 Å². The van der Waals surface area contributed by atoms with Crippen molar-refractivity contribution in [2.24, 2.45) is 11.7 Å². The van der Waals surface area contributed by atoms with Gasteiger partial charge >= 0.3 is 0 Å². The van der Waals surface area contributed by atoms with Gasteiger partial charge in [-0.1, -0.05) is 87.0 Å². The molecule has 268 valence electrons. The molecular weight excluding hydrogens is 658 g/mol. The standard InChI is InChI=1S/C40H43N7O5/c1-4-22(2)33-36(50)43-29-20-40(45-21-25(26-14-8-10-16-30(26)45)19-28(41)35(49)42-23(3)34(48)44-33)27-15-9-11-17-31(27)46-38(52)32(47(37(29)51)39(40)46)18-24-12-6-5-7-13-24/h5-17,21-23,28-29,32-33,39H,4,18-20,41H2,1-3H3,(H,42,49)(H,43,50)(H,44,48)/t22-,23+,28+,29+,32+,33+,39+,40+/m1/s1. The molecule has 4 aliphatic heterocycles. The lowest BCUT2D eigenvalue weighted by atomic mass is 9.78.